The van der Waals surface area contributed by atoms with Crippen LogP contribution in [0.15, 0.2) is 18.2 Å². The van der Waals surface area contributed by atoms with E-state index in [0.29, 0.717) is 18.4 Å². The lowest BCUT2D eigenvalue weighted by Crippen LogP contribution is -2.64. The van der Waals surface area contributed by atoms with Gasteiger partial charge in [0.15, 0.2) is 29.7 Å². The lowest BCUT2D eigenvalue weighted by atomic mass is 9.40. The van der Waals surface area contributed by atoms with Crippen molar-refractivity contribution in [3.05, 3.63) is 23.8 Å². The zero-order valence-corrected chi connectivity index (χ0v) is 34.0. The number of benzene rings is 1. The van der Waals surface area contributed by atoms with Gasteiger partial charge >= 0.3 is 5.97 Å². The number of aromatic hydroxyl groups is 1. The van der Waals surface area contributed by atoms with Gasteiger partial charge < -0.3 is 78.8 Å². The molecule has 6 fully saturated rings. The Bertz CT molecular complexity index is 1720. The van der Waals surface area contributed by atoms with Gasteiger partial charge in [-0.2, -0.15) is 0 Å². The first-order valence-electron chi connectivity index (χ1n) is 20.5. The van der Waals surface area contributed by atoms with Crippen LogP contribution >= 0.6 is 0 Å². The minimum Gasteiger partial charge on any atom is -0.502 e. The van der Waals surface area contributed by atoms with Gasteiger partial charge in [0.1, 0.15) is 43.4 Å². The molecule has 0 amide bonds. The smallest absolute Gasteiger partial charge is 0.330 e. The number of fused-ring (bicyclic) bond motifs is 3. The van der Waals surface area contributed by atoms with Crippen molar-refractivity contribution >= 4 is 18.3 Å². The number of phenolic OH excluding ortho intramolecular Hbond substituents is 1. The average molecular weight is 837 g/mol. The first-order valence-corrected chi connectivity index (χ1v) is 20.5. The Balaban J connectivity index is 0.951. The van der Waals surface area contributed by atoms with E-state index in [0.717, 1.165) is 50.9 Å². The zero-order valence-electron chi connectivity index (χ0n) is 34.0. The van der Waals surface area contributed by atoms with Crippen LogP contribution in [-0.4, -0.2) is 154 Å². The number of methoxy groups -OCH3 is 2. The summed E-state index contributed by atoms with van der Waals surface area (Å²) in [6.07, 6.45) is -2.46. The maximum absolute atomic E-state index is 13.2. The molecule has 59 heavy (non-hydrogen) atoms. The van der Waals surface area contributed by atoms with Crippen molar-refractivity contribution in [2.45, 2.75) is 126 Å². The van der Waals surface area contributed by atoms with Crippen LogP contribution in [-0.2, 0) is 33.3 Å². The molecule has 0 radical (unpaired) electrons. The number of esters is 1. The number of carbonyl (C=O) groups is 2. The highest BCUT2D eigenvalue weighted by atomic mass is 16.7. The Kier molecular flexibility index (Phi) is 12.3. The third kappa shape index (κ3) is 7.57. The molecule has 330 valence electrons. The topological polar surface area (TPSA) is 261 Å². The SMILES string of the molecule is COc1cc(C=CC(=O)OC[C@@]2(O)CO[C@@H](OC[C@H]3O[C@@H](O[C@@H]4CC[C@@]5(C)[C@@H]6CC[C@@H]7C[C@@]6(CC[C@@H]5[C@]4(C)C=O)C[C@]7(O)CO)[C@H](O)[C@@H](O)[C@@H]3O)[C@@H]2O)cc(OC)c1O. The summed E-state index contributed by atoms with van der Waals surface area (Å²) in [5, 5.41) is 86.4. The molecular formula is C42H60O17. The first-order chi connectivity index (χ1) is 27.9. The van der Waals surface area contributed by atoms with Gasteiger partial charge in [-0.3, -0.25) is 0 Å². The maximum atomic E-state index is 13.2. The van der Waals surface area contributed by atoms with E-state index < -0.39 is 91.6 Å². The van der Waals surface area contributed by atoms with Gasteiger partial charge in [-0.05, 0) is 104 Å². The summed E-state index contributed by atoms with van der Waals surface area (Å²) in [6, 6.07) is 2.93. The number of aldehydes is 1. The summed E-state index contributed by atoms with van der Waals surface area (Å²) in [7, 11) is 2.71. The molecule has 4 aliphatic carbocycles. The second-order valence-corrected chi connectivity index (χ2v) is 18.4. The van der Waals surface area contributed by atoms with Crippen LogP contribution in [0, 0.1) is 34.0 Å². The van der Waals surface area contributed by atoms with Gasteiger partial charge in [0.05, 0.1) is 51.2 Å². The molecule has 2 bridgehead atoms. The van der Waals surface area contributed by atoms with Crippen molar-refractivity contribution in [3.8, 4) is 17.2 Å². The molecule has 17 heteroatoms. The average Bonchev–Trinajstić information content (AvgIpc) is 3.63. The number of aliphatic hydroxyl groups is 7. The number of phenols is 1. The van der Waals surface area contributed by atoms with Crippen molar-refractivity contribution in [1.29, 1.82) is 0 Å². The van der Waals surface area contributed by atoms with Gasteiger partial charge in [-0.15, -0.1) is 0 Å². The number of rotatable bonds is 13. The second-order valence-electron chi connectivity index (χ2n) is 18.4. The molecule has 8 N–H and O–H groups in total. The maximum Gasteiger partial charge on any atom is 0.330 e. The lowest BCUT2D eigenvalue weighted by Gasteiger charge is -2.64. The van der Waals surface area contributed by atoms with Crippen molar-refractivity contribution in [1.82, 2.24) is 0 Å². The largest absolute Gasteiger partial charge is 0.502 e. The summed E-state index contributed by atoms with van der Waals surface area (Å²) in [6.45, 7) is 2.22. The Hall–Kier alpha value is -2.94. The molecule has 1 aromatic carbocycles. The zero-order chi connectivity index (χ0) is 42.7. The lowest BCUT2D eigenvalue weighted by molar-refractivity contribution is -0.332. The van der Waals surface area contributed by atoms with Crippen LogP contribution in [0.3, 0.4) is 0 Å². The molecule has 6 aliphatic rings. The van der Waals surface area contributed by atoms with E-state index in [2.05, 4.69) is 6.92 Å². The van der Waals surface area contributed by atoms with Crippen LogP contribution in [0.25, 0.3) is 6.08 Å². The Labute approximate surface area is 342 Å². The number of hydrogen-bond acceptors (Lipinski definition) is 17. The molecule has 1 spiro atoms. The fourth-order valence-corrected chi connectivity index (χ4v) is 12.0. The molecule has 0 aromatic heterocycles. The predicted molar refractivity (Wildman–Crippen MR) is 204 cm³/mol. The Morgan fingerprint density at radius 3 is 2.29 bits per heavy atom. The standard InChI is InChI=1S/C42H60O17/c1-38-11-10-29(39(2,18-43)27(38)9-12-40-15-23(6-7-28(38)40)41(51,17-40)19-44)59-36-34(49)33(48)32(47)26(58-36)16-55-37-35(50)42(52,21-57-37)20-56-30(45)8-5-22-13-24(53-3)31(46)25(14-22)54-4/h5,8,13-14,18,23,26-29,32-37,44,46-52H,6-7,9-12,15-17,19-21H2,1-4H3/t23-,26-,27+,28+,29-,32-,33+,34-,35+,36+,37-,38-,39+,40+,41+,42-/m1/s1. The quantitative estimate of drug-likeness (QED) is 0.0585. The minimum atomic E-state index is -2.07. The summed E-state index contributed by atoms with van der Waals surface area (Å²) >= 11 is 0. The summed E-state index contributed by atoms with van der Waals surface area (Å²) < 4.78 is 39.0. The normalized spacial score (nSPS) is 45.4. The highest BCUT2D eigenvalue weighted by Crippen LogP contribution is 2.73. The van der Waals surface area contributed by atoms with Crippen LogP contribution in [0.5, 0.6) is 17.2 Å². The van der Waals surface area contributed by atoms with Crippen LogP contribution in [0.2, 0.25) is 0 Å². The monoisotopic (exact) mass is 836 g/mol. The van der Waals surface area contributed by atoms with E-state index in [4.69, 9.17) is 33.2 Å². The minimum absolute atomic E-state index is 0.0629. The highest BCUT2D eigenvalue weighted by molar-refractivity contribution is 5.87. The van der Waals surface area contributed by atoms with Crippen molar-refractivity contribution < 1.29 is 83.6 Å². The molecule has 0 unspecified atom stereocenters. The van der Waals surface area contributed by atoms with Gasteiger partial charge in [-0.25, -0.2) is 4.79 Å². The van der Waals surface area contributed by atoms with E-state index in [1.54, 1.807) is 0 Å². The van der Waals surface area contributed by atoms with E-state index in [1.165, 1.54) is 32.4 Å². The molecule has 7 rings (SSSR count). The van der Waals surface area contributed by atoms with E-state index in [1.807, 2.05) is 6.92 Å². The fourth-order valence-electron chi connectivity index (χ4n) is 12.0. The molecule has 1 aromatic rings. The second kappa shape index (κ2) is 16.4. The van der Waals surface area contributed by atoms with Gasteiger partial charge in [0.2, 0.25) is 5.75 Å². The molecule has 4 saturated carbocycles. The van der Waals surface area contributed by atoms with Crippen LogP contribution in [0.4, 0.5) is 0 Å². The van der Waals surface area contributed by atoms with Gasteiger partial charge in [-0.1, -0.05) is 13.8 Å². The van der Waals surface area contributed by atoms with E-state index >= 15 is 0 Å². The number of carbonyl (C=O) groups excluding carboxylic acids is 2. The fraction of sp³-hybridized carbons (Fsp3) is 0.762. The van der Waals surface area contributed by atoms with Crippen LogP contribution in [0.1, 0.15) is 70.8 Å². The van der Waals surface area contributed by atoms with Crippen molar-refractivity contribution in [2.24, 2.45) is 34.0 Å². The predicted octanol–water partition coefficient (Wildman–Crippen LogP) is 0.569. The molecule has 2 saturated heterocycles. The molecule has 2 heterocycles. The van der Waals surface area contributed by atoms with E-state index in [-0.39, 0.29) is 52.4 Å². The molecule has 17 nitrogen and oxygen atoms in total. The van der Waals surface area contributed by atoms with E-state index in [9.17, 15) is 50.4 Å². The third-order valence-electron chi connectivity index (χ3n) is 15.1. The molecule has 2 aliphatic heterocycles. The Morgan fingerprint density at radius 2 is 1.63 bits per heavy atom. The van der Waals surface area contributed by atoms with Crippen LogP contribution < -0.4 is 9.47 Å². The number of aliphatic hydroxyl groups excluding tert-OH is 5. The first kappa shape index (κ1) is 44.1. The highest BCUT2D eigenvalue weighted by Gasteiger charge is 2.69. The summed E-state index contributed by atoms with van der Waals surface area (Å²) in [5.74, 6) is -0.614. The van der Waals surface area contributed by atoms with Gasteiger partial charge in [0.25, 0.3) is 0 Å². The van der Waals surface area contributed by atoms with Crippen molar-refractivity contribution in [2.75, 3.05) is 40.6 Å². The van der Waals surface area contributed by atoms with Crippen molar-refractivity contribution in [3.63, 3.8) is 0 Å². The third-order valence-corrected chi connectivity index (χ3v) is 15.1. The van der Waals surface area contributed by atoms with Gasteiger partial charge in [0, 0.05) is 6.08 Å². The molecule has 16 atom stereocenters. The molecular weight excluding hydrogens is 776 g/mol. The summed E-state index contributed by atoms with van der Waals surface area (Å²) in [5.41, 5.74) is -4.05. The Morgan fingerprint density at radius 1 is 0.915 bits per heavy atom. The number of ether oxygens (including phenoxy) is 7. The number of hydrogen-bond donors (Lipinski definition) is 8. The summed E-state index contributed by atoms with van der Waals surface area (Å²) in [4.78, 5) is 25.7.